The molecule has 0 bridgehead atoms. The van der Waals surface area contributed by atoms with E-state index < -0.39 is 5.91 Å². The number of aromatic nitrogens is 2. The van der Waals surface area contributed by atoms with E-state index in [0.29, 0.717) is 5.76 Å². The minimum absolute atomic E-state index is 0.0851. The number of furan rings is 1. The maximum atomic E-state index is 12.3. The summed E-state index contributed by atoms with van der Waals surface area (Å²) in [5, 5.41) is 0. The summed E-state index contributed by atoms with van der Waals surface area (Å²) in [5.74, 6) is 0.663. The van der Waals surface area contributed by atoms with Crippen molar-refractivity contribution in [3.8, 4) is 0 Å². The van der Waals surface area contributed by atoms with E-state index in [9.17, 15) is 9.59 Å². The average molecular weight is 366 g/mol. The van der Waals surface area contributed by atoms with Gasteiger partial charge >= 0.3 is 0 Å². The van der Waals surface area contributed by atoms with Gasteiger partial charge in [-0.2, -0.15) is 0 Å². The lowest BCUT2D eigenvalue weighted by molar-refractivity contribution is -0.127. The Morgan fingerprint density at radius 2 is 2.04 bits per heavy atom. The lowest BCUT2D eigenvalue weighted by Crippen LogP contribution is -2.42. The first-order valence-corrected chi connectivity index (χ1v) is 8.92. The van der Waals surface area contributed by atoms with Crippen molar-refractivity contribution in [3.63, 3.8) is 0 Å². The monoisotopic (exact) mass is 366 g/mol. The SMILES string of the molecule is CCCCc1nc2ccccc2n1CC(=O)NNC(=O)/C=C/c1ccco1. The Kier molecular flexibility index (Phi) is 6.04. The van der Waals surface area contributed by atoms with Gasteiger partial charge in [0.25, 0.3) is 11.8 Å². The highest BCUT2D eigenvalue weighted by molar-refractivity contribution is 5.93. The molecule has 0 aliphatic rings. The minimum Gasteiger partial charge on any atom is -0.465 e. The summed E-state index contributed by atoms with van der Waals surface area (Å²) in [6.45, 7) is 2.20. The number of benzene rings is 1. The lowest BCUT2D eigenvalue weighted by Gasteiger charge is -2.10. The van der Waals surface area contributed by atoms with Crippen LogP contribution in [0.5, 0.6) is 0 Å². The molecule has 0 aliphatic carbocycles. The number of imidazole rings is 1. The number of amides is 2. The molecule has 0 unspecified atom stereocenters. The molecule has 0 fully saturated rings. The van der Waals surface area contributed by atoms with Gasteiger partial charge in [0.1, 0.15) is 18.1 Å². The normalized spacial score (nSPS) is 11.1. The largest absolute Gasteiger partial charge is 0.465 e. The Labute approximate surface area is 157 Å². The number of hydrazine groups is 1. The predicted molar refractivity (Wildman–Crippen MR) is 102 cm³/mol. The van der Waals surface area contributed by atoms with Gasteiger partial charge in [0, 0.05) is 12.5 Å². The zero-order valence-electron chi connectivity index (χ0n) is 15.1. The van der Waals surface area contributed by atoms with E-state index >= 15 is 0 Å². The molecule has 1 aromatic carbocycles. The third-order valence-electron chi connectivity index (χ3n) is 4.06. The number of fused-ring (bicyclic) bond motifs is 1. The van der Waals surface area contributed by atoms with Crippen LogP contribution < -0.4 is 10.9 Å². The summed E-state index contributed by atoms with van der Waals surface area (Å²) < 4.78 is 7.00. The highest BCUT2D eigenvalue weighted by Crippen LogP contribution is 2.17. The van der Waals surface area contributed by atoms with E-state index in [1.54, 1.807) is 12.1 Å². The van der Waals surface area contributed by atoms with Crippen LogP contribution in [-0.4, -0.2) is 21.4 Å². The van der Waals surface area contributed by atoms with Crippen LogP contribution in [0.25, 0.3) is 17.1 Å². The van der Waals surface area contributed by atoms with Crippen molar-refractivity contribution in [1.29, 1.82) is 0 Å². The first-order valence-electron chi connectivity index (χ1n) is 8.92. The van der Waals surface area contributed by atoms with Crippen LogP contribution in [0.3, 0.4) is 0 Å². The first kappa shape index (κ1) is 18.4. The molecule has 0 atom stereocenters. The molecule has 0 saturated heterocycles. The number of nitrogens with one attached hydrogen (secondary N) is 2. The third kappa shape index (κ3) is 4.84. The zero-order valence-corrected chi connectivity index (χ0v) is 15.1. The van der Waals surface area contributed by atoms with Gasteiger partial charge in [-0.1, -0.05) is 25.5 Å². The van der Waals surface area contributed by atoms with Crippen molar-refractivity contribution in [1.82, 2.24) is 20.4 Å². The van der Waals surface area contributed by atoms with Crippen molar-refractivity contribution in [2.45, 2.75) is 32.7 Å². The molecule has 27 heavy (non-hydrogen) atoms. The summed E-state index contributed by atoms with van der Waals surface area (Å²) in [7, 11) is 0. The Hall–Kier alpha value is -3.35. The molecule has 0 radical (unpaired) electrons. The van der Waals surface area contributed by atoms with Crippen LogP contribution >= 0.6 is 0 Å². The molecule has 2 amide bonds. The Morgan fingerprint density at radius 1 is 1.19 bits per heavy atom. The van der Waals surface area contributed by atoms with Crippen molar-refractivity contribution < 1.29 is 14.0 Å². The molecule has 2 heterocycles. The van der Waals surface area contributed by atoms with Gasteiger partial charge in [0.15, 0.2) is 0 Å². The number of para-hydroxylation sites is 2. The smallest absolute Gasteiger partial charge is 0.262 e. The molecule has 3 rings (SSSR count). The van der Waals surface area contributed by atoms with Crippen LogP contribution in [0.2, 0.25) is 0 Å². The van der Waals surface area contributed by atoms with Gasteiger partial charge in [-0.25, -0.2) is 4.98 Å². The third-order valence-corrected chi connectivity index (χ3v) is 4.06. The average Bonchev–Trinajstić information content (AvgIpc) is 3.31. The second kappa shape index (κ2) is 8.84. The van der Waals surface area contributed by atoms with Gasteiger partial charge < -0.3 is 8.98 Å². The molecule has 7 heteroatoms. The number of hydrogen-bond donors (Lipinski definition) is 2. The Morgan fingerprint density at radius 3 is 2.81 bits per heavy atom. The van der Waals surface area contributed by atoms with Crippen LogP contribution in [0, 0.1) is 0 Å². The van der Waals surface area contributed by atoms with Crippen molar-refractivity contribution >= 4 is 28.9 Å². The molecule has 140 valence electrons. The maximum absolute atomic E-state index is 12.3. The van der Waals surface area contributed by atoms with Crippen molar-refractivity contribution in [2.75, 3.05) is 0 Å². The van der Waals surface area contributed by atoms with E-state index in [0.717, 1.165) is 36.1 Å². The van der Waals surface area contributed by atoms with Gasteiger partial charge in [0.2, 0.25) is 0 Å². The minimum atomic E-state index is -0.443. The van der Waals surface area contributed by atoms with E-state index in [1.165, 1.54) is 18.4 Å². The fourth-order valence-corrected chi connectivity index (χ4v) is 2.73. The standard InChI is InChI=1S/C20H22N4O3/c1-2-3-10-18-21-16-8-4-5-9-17(16)24(18)14-20(26)23-22-19(25)12-11-15-7-6-13-27-15/h4-9,11-13H,2-3,10,14H2,1H3,(H,22,25)(H,23,26)/b12-11+. The number of hydrogen-bond acceptors (Lipinski definition) is 4. The van der Waals surface area contributed by atoms with Gasteiger partial charge in [-0.15, -0.1) is 0 Å². The summed E-state index contributed by atoms with van der Waals surface area (Å²) in [6.07, 6.45) is 7.18. The van der Waals surface area contributed by atoms with Crippen LogP contribution in [0.1, 0.15) is 31.4 Å². The molecule has 2 aromatic heterocycles. The maximum Gasteiger partial charge on any atom is 0.262 e. The van der Waals surface area contributed by atoms with E-state index in [4.69, 9.17) is 4.42 Å². The second-order valence-electron chi connectivity index (χ2n) is 6.09. The van der Waals surface area contributed by atoms with E-state index in [-0.39, 0.29) is 12.5 Å². The van der Waals surface area contributed by atoms with Crippen molar-refractivity contribution in [3.05, 3.63) is 60.3 Å². The number of nitrogens with zero attached hydrogens (tertiary/aromatic N) is 2. The van der Waals surface area contributed by atoms with E-state index in [1.807, 2.05) is 28.8 Å². The molecule has 0 aliphatic heterocycles. The van der Waals surface area contributed by atoms with Crippen molar-refractivity contribution in [2.24, 2.45) is 0 Å². The summed E-state index contributed by atoms with van der Waals surface area (Å²) >= 11 is 0. The fourth-order valence-electron chi connectivity index (χ4n) is 2.73. The topological polar surface area (TPSA) is 89.2 Å². The lowest BCUT2D eigenvalue weighted by atomic mass is 10.2. The zero-order chi connectivity index (χ0) is 19.1. The van der Waals surface area contributed by atoms with Crippen LogP contribution in [-0.2, 0) is 22.6 Å². The molecule has 0 spiro atoms. The second-order valence-corrected chi connectivity index (χ2v) is 6.09. The highest BCUT2D eigenvalue weighted by Gasteiger charge is 2.13. The van der Waals surface area contributed by atoms with E-state index in [2.05, 4.69) is 22.8 Å². The highest BCUT2D eigenvalue weighted by atomic mass is 16.3. The quantitative estimate of drug-likeness (QED) is 0.497. The molecule has 3 aromatic rings. The number of carbonyl (C=O) groups excluding carboxylic acids is 2. The molecule has 7 nitrogen and oxygen atoms in total. The first-order chi connectivity index (χ1) is 13.2. The van der Waals surface area contributed by atoms with Gasteiger partial charge in [-0.3, -0.25) is 20.4 Å². The number of rotatable bonds is 7. The molecular weight excluding hydrogens is 344 g/mol. The molecule has 2 N–H and O–H groups in total. The van der Waals surface area contributed by atoms with Crippen LogP contribution in [0.4, 0.5) is 0 Å². The van der Waals surface area contributed by atoms with Crippen LogP contribution in [0.15, 0.2) is 53.2 Å². The summed E-state index contributed by atoms with van der Waals surface area (Å²) in [5.41, 5.74) is 6.57. The fraction of sp³-hybridized carbons (Fsp3) is 0.250. The Balaban J connectivity index is 1.62. The summed E-state index contributed by atoms with van der Waals surface area (Å²) in [6, 6.07) is 11.2. The number of carbonyl (C=O) groups is 2. The molecular formula is C20H22N4O3. The van der Waals surface area contributed by atoms with Gasteiger partial charge in [-0.05, 0) is 36.8 Å². The number of aryl methyl sites for hydroxylation is 1. The molecule has 0 saturated carbocycles. The van der Waals surface area contributed by atoms with Gasteiger partial charge in [0.05, 0.1) is 17.3 Å². The number of unbranched alkanes of at least 4 members (excludes halogenated alkanes) is 1. The Bertz CT molecular complexity index is 941. The summed E-state index contributed by atoms with van der Waals surface area (Å²) in [4.78, 5) is 28.7. The predicted octanol–water partition coefficient (Wildman–Crippen LogP) is 2.83.